The first-order valence-electron chi connectivity index (χ1n) is 12.9. The zero-order valence-electron chi connectivity index (χ0n) is 21.0. The first kappa shape index (κ1) is 25.5. The molecule has 38 heavy (non-hydrogen) atoms. The monoisotopic (exact) mass is 513 g/mol. The Morgan fingerprint density at radius 2 is 1.66 bits per heavy atom. The summed E-state index contributed by atoms with van der Waals surface area (Å²) in [4.78, 5) is 40.6. The summed E-state index contributed by atoms with van der Waals surface area (Å²) < 4.78 is 11.4. The molecule has 3 aromatic carbocycles. The van der Waals surface area contributed by atoms with Crippen LogP contribution in [0, 0.1) is 0 Å². The molecule has 2 N–H and O–H groups in total. The van der Waals surface area contributed by atoms with Gasteiger partial charge >= 0.3 is 6.09 Å². The summed E-state index contributed by atoms with van der Waals surface area (Å²) in [6.45, 7) is 1.31. The normalized spacial score (nSPS) is 20.7. The molecular weight excluding hydrogens is 482 g/mol. The third kappa shape index (κ3) is 6.20. The van der Waals surface area contributed by atoms with Crippen LogP contribution in [0.2, 0.25) is 0 Å². The summed E-state index contributed by atoms with van der Waals surface area (Å²) in [5, 5.41) is 5.88. The molecule has 0 bridgehead atoms. The summed E-state index contributed by atoms with van der Waals surface area (Å²) in [6.07, 6.45) is 0.680. The third-order valence-electron chi connectivity index (χ3n) is 6.78. The van der Waals surface area contributed by atoms with Crippen molar-refractivity contribution in [1.29, 1.82) is 0 Å². The van der Waals surface area contributed by atoms with Crippen molar-refractivity contribution in [2.24, 2.45) is 0 Å². The van der Waals surface area contributed by atoms with Gasteiger partial charge in [0.1, 0.15) is 0 Å². The molecule has 2 aliphatic heterocycles. The van der Waals surface area contributed by atoms with Crippen LogP contribution in [0.25, 0.3) is 0 Å². The van der Waals surface area contributed by atoms with Gasteiger partial charge in [0, 0.05) is 18.8 Å². The van der Waals surface area contributed by atoms with Gasteiger partial charge in [-0.15, -0.1) is 0 Å². The molecule has 0 radical (unpaired) electrons. The first-order chi connectivity index (χ1) is 18.6. The van der Waals surface area contributed by atoms with Crippen molar-refractivity contribution in [3.05, 3.63) is 102 Å². The number of carbonyl (C=O) groups is 3. The standard InChI is InChI=1S/C30H31N3O5/c34-26(17-21-9-3-1-4-10-21)32-24-14-7-13-23(18-24)28-27(29(35)31-19-25-15-8-16-37-25)33(30(36)38-28)20-22-11-5-2-6-12-22/h1-7,9-14,18,25,27-28H,8,15-17,19-20H2,(H,31,35)(H,32,34). The van der Waals surface area contributed by atoms with Gasteiger partial charge in [0.15, 0.2) is 12.1 Å². The Kier molecular flexibility index (Phi) is 7.99. The zero-order chi connectivity index (χ0) is 26.3. The number of amides is 3. The molecule has 3 unspecified atom stereocenters. The van der Waals surface area contributed by atoms with E-state index in [1.54, 1.807) is 24.3 Å². The minimum atomic E-state index is -0.876. The molecule has 2 fully saturated rings. The van der Waals surface area contributed by atoms with E-state index in [0.29, 0.717) is 24.4 Å². The molecule has 3 amide bonds. The second-order valence-corrected chi connectivity index (χ2v) is 9.58. The van der Waals surface area contributed by atoms with E-state index in [1.165, 1.54) is 4.90 Å². The van der Waals surface area contributed by atoms with Crippen LogP contribution in [0.4, 0.5) is 10.5 Å². The summed E-state index contributed by atoms with van der Waals surface area (Å²) in [5.41, 5.74) is 3.00. The summed E-state index contributed by atoms with van der Waals surface area (Å²) >= 11 is 0. The number of benzene rings is 3. The van der Waals surface area contributed by atoms with Crippen molar-refractivity contribution in [1.82, 2.24) is 10.2 Å². The van der Waals surface area contributed by atoms with Crippen molar-refractivity contribution in [2.75, 3.05) is 18.5 Å². The lowest BCUT2D eigenvalue weighted by atomic mass is 10.00. The highest BCUT2D eigenvalue weighted by atomic mass is 16.6. The molecule has 0 aromatic heterocycles. The minimum absolute atomic E-state index is 0.0267. The average Bonchev–Trinajstić information content (AvgIpc) is 3.57. The number of hydrogen-bond donors (Lipinski definition) is 2. The van der Waals surface area contributed by atoms with Gasteiger partial charge < -0.3 is 20.1 Å². The average molecular weight is 514 g/mol. The number of cyclic esters (lactones) is 1. The molecule has 3 atom stereocenters. The fraction of sp³-hybridized carbons (Fsp3) is 0.300. The van der Waals surface area contributed by atoms with E-state index in [1.807, 2.05) is 60.7 Å². The van der Waals surface area contributed by atoms with E-state index in [9.17, 15) is 14.4 Å². The summed E-state index contributed by atoms with van der Waals surface area (Å²) in [7, 11) is 0. The molecule has 2 saturated heterocycles. The predicted molar refractivity (Wildman–Crippen MR) is 142 cm³/mol. The van der Waals surface area contributed by atoms with Gasteiger partial charge in [0.05, 0.1) is 19.1 Å². The van der Waals surface area contributed by atoms with E-state index < -0.39 is 18.2 Å². The Morgan fingerprint density at radius 1 is 0.921 bits per heavy atom. The smallest absolute Gasteiger partial charge is 0.411 e. The molecule has 2 heterocycles. The topological polar surface area (TPSA) is 97.0 Å². The molecule has 8 heteroatoms. The highest BCUT2D eigenvalue weighted by molar-refractivity contribution is 5.92. The van der Waals surface area contributed by atoms with Crippen molar-refractivity contribution in [3.8, 4) is 0 Å². The van der Waals surface area contributed by atoms with E-state index in [0.717, 1.165) is 24.0 Å². The van der Waals surface area contributed by atoms with Gasteiger partial charge in [-0.1, -0.05) is 72.8 Å². The molecule has 0 saturated carbocycles. The Hall–Kier alpha value is -4.17. The highest BCUT2D eigenvalue weighted by Gasteiger charge is 2.47. The van der Waals surface area contributed by atoms with Crippen molar-refractivity contribution >= 4 is 23.6 Å². The van der Waals surface area contributed by atoms with Crippen LogP contribution in [0.1, 0.15) is 35.6 Å². The number of rotatable bonds is 9. The lowest BCUT2D eigenvalue weighted by molar-refractivity contribution is -0.127. The first-order valence-corrected chi connectivity index (χ1v) is 12.9. The van der Waals surface area contributed by atoms with Gasteiger partial charge in [-0.2, -0.15) is 0 Å². The molecule has 0 aliphatic carbocycles. The van der Waals surface area contributed by atoms with E-state index >= 15 is 0 Å². The Labute approximate surface area is 221 Å². The van der Waals surface area contributed by atoms with E-state index in [-0.39, 0.29) is 30.9 Å². The van der Waals surface area contributed by atoms with Crippen LogP contribution in [-0.4, -0.2) is 48.1 Å². The van der Waals surface area contributed by atoms with Crippen molar-refractivity contribution in [2.45, 2.75) is 44.1 Å². The third-order valence-corrected chi connectivity index (χ3v) is 6.78. The largest absolute Gasteiger partial charge is 0.438 e. The molecule has 5 rings (SSSR count). The molecule has 2 aliphatic rings. The molecule has 196 valence electrons. The number of carbonyl (C=O) groups excluding carboxylic acids is 3. The number of nitrogens with one attached hydrogen (secondary N) is 2. The maximum absolute atomic E-state index is 13.5. The van der Waals surface area contributed by atoms with Crippen LogP contribution in [0.5, 0.6) is 0 Å². The lowest BCUT2D eigenvalue weighted by Gasteiger charge is -2.25. The summed E-state index contributed by atoms with van der Waals surface area (Å²) in [5.74, 6) is -0.459. The molecule has 3 aromatic rings. The highest BCUT2D eigenvalue weighted by Crippen LogP contribution is 2.35. The molecule has 8 nitrogen and oxygen atoms in total. The predicted octanol–water partition coefficient (Wildman–Crippen LogP) is 4.23. The quantitative estimate of drug-likeness (QED) is 0.447. The molecule has 0 spiro atoms. The summed E-state index contributed by atoms with van der Waals surface area (Å²) in [6, 6.07) is 25.2. The van der Waals surface area contributed by atoms with Crippen LogP contribution in [0.15, 0.2) is 84.9 Å². The van der Waals surface area contributed by atoms with Crippen LogP contribution >= 0.6 is 0 Å². The Bertz CT molecular complexity index is 1260. The maximum atomic E-state index is 13.5. The van der Waals surface area contributed by atoms with Gasteiger partial charge in [-0.3, -0.25) is 14.5 Å². The molecular formula is C30H31N3O5. The number of nitrogens with zero attached hydrogens (tertiary/aromatic N) is 1. The van der Waals surface area contributed by atoms with Gasteiger partial charge in [-0.05, 0) is 41.7 Å². The van der Waals surface area contributed by atoms with E-state index in [4.69, 9.17) is 9.47 Å². The van der Waals surface area contributed by atoms with Crippen molar-refractivity contribution < 1.29 is 23.9 Å². The van der Waals surface area contributed by atoms with E-state index in [2.05, 4.69) is 10.6 Å². The van der Waals surface area contributed by atoms with Gasteiger partial charge in [0.25, 0.3) is 0 Å². The Morgan fingerprint density at radius 3 is 2.37 bits per heavy atom. The minimum Gasteiger partial charge on any atom is -0.438 e. The van der Waals surface area contributed by atoms with Crippen LogP contribution in [0.3, 0.4) is 0 Å². The maximum Gasteiger partial charge on any atom is 0.411 e. The number of hydrogen-bond acceptors (Lipinski definition) is 5. The van der Waals surface area contributed by atoms with Crippen LogP contribution < -0.4 is 10.6 Å². The van der Waals surface area contributed by atoms with Crippen LogP contribution in [-0.2, 0) is 32.0 Å². The second-order valence-electron chi connectivity index (χ2n) is 9.58. The fourth-order valence-electron chi connectivity index (χ4n) is 4.89. The number of ether oxygens (including phenoxy) is 2. The lowest BCUT2D eigenvalue weighted by Crippen LogP contribution is -2.47. The Balaban J connectivity index is 1.35. The van der Waals surface area contributed by atoms with Gasteiger partial charge in [0.2, 0.25) is 11.8 Å². The zero-order valence-corrected chi connectivity index (χ0v) is 21.0. The fourth-order valence-corrected chi connectivity index (χ4v) is 4.89. The van der Waals surface area contributed by atoms with Crippen molar-refractivity contribution in [3.63, 3.8) is 0 Å². The second kappa shape index (κ2) is 11.9. The van der Waals surface area contributed by atoms with Gasteiger partial charge in [-0.25, -0.2) is 4.79 Å². The number of anilines is 1. The SMILES string of the molecule is O=C(Cc1ccccc1)Nc1cccc(C2OC(=O)N(Cc3ccccc3)C2C(=O)NCC2CCCO2)c1.